The Morgan fingerprint density at radius 3 is 2.52 bits per heavy atom. The lowest BCUT2D eigenvalue weighted by molar-refractivity contribution is -0.113. The maximum absolute atomic E-state index is 13.2. The van der Waals surface area contributed by atoms with E-state index in [1.807, 2.05) is 30.3 Å². The highest BCUT2D eigenvalue weighted by Crippen LogP contribution is 2.31. The van der Waals surface area contributed by atoms with Gasteiger partial charge in [-0.2, -0.15) is 0 Å². The van der Waals surface area contributed by atoms with Gasteiger partial charge in [-0.1, -0.05) is 41.7 Å². The zero-order valence-corrected chi connectivity index (χ0v) is 15.8. The number of nitrogens with one attached hydrogen (secondary N) is 1. The molecule has 1 heterocycles. The minimum atomic E-state index is -0.959. The van der Waals surface area contributed by atoms with Gasteiger partial charge in [-0.3, -0.25) is 9.59 Å². The third-order valence-corrected chi connectivity index (χ3v) is 5.57. The van der Waals surface area contributed by atoms with Crippen LogP contribution in [-0.4, -0.2) is 22.4 Å². The van der Waals surface area contributed by atoms with Gasteiger partial charge in [0.25, 0.3) is 0 Å². The van der Waals surface area contributed by atoms with E-state index in [0.717, 1.165) is 40.8 Å². The molecule has 0 unspecified atom stereocenters. The second-order valence-electron chi connectivity index (χ2n) is 5.53. The summed E-state index contributed by atoms with van der Waals surface area (Å²) in [6.07, 6.45) is 0. The minimum absolute atomic E-state index is 0.000722. The van der Waals surface area contributed by atoms with Crippen LogP contribution in [0.25, 0.3) is 11.3 Å². The van der Waals surface area contributed by atoms with Crippen LogP contribution in [0.1, 0.15) is 16.6 Å². The molecular formula is C19H14F2N2O2S2. The Balaban J connectivity index is 1.70. The van der Waals surface area contributed by atoms with Crippen molar-refractivity contribution in [2.75, 3.05) is 11.1 Å². The van der Waals surface area contributed by atoms with Gasteiger partial charge >= 0.3 is 0 Å². The van der Waals surface area contributed by atoms with E-state index < -0.39 is 11.6 Å². The highest BCUT2D eigenvalue weighted by Gasteiger charge is 2.18. The van der Waals surface area contributed by atoms with E-state index in [1.165, 1.54) is 13.0 Å². The summed E-state index contributed by atoms with van der Waals surface area (Å²) in [7, 11) is 0. The fraction of sp³-hybridized carbons (Fsp3) is 0.105. The number of anilines is 1. The molecule has 1 amide bonds. The molecule has 0 aliphatic rings. The first-order chi connectivity index (χ1) is 12.9. The van der Waals surface area contributed by atoms with Crippen molar-refractivity contribution in [1.29, 1.82) is 0 Å². The zero-order chi connectivity index (χ0) is 19.4. The van der Waals surface area contributed by atoms with Crippen molar-refractivity contribution in [3.63, 3.8) is 0 Å². The van der Waals surface area contributed by atoms with Gasteiger partial charge in [0.15, 0.2) is 22.5 Å². The molecule has 3 rings (SSSR count). The maximum atomic E-state index is 13.2. The monoisotopic (exact) mass is 404 g/mol. The molecule has 3 aromatic rings. The summed E-state index contributed by atoms with van der Waals surface area (Å²) in [6, 6.07) is 12.7. The number of amides is 1. The maximum Gasteiger partial charge on any atom is 0.236 e. The van der Waals surface area contributed by atoms with Crippen LogP contribution in [0.3, 0.4) is 0 Å². The third kappa shape index (κ3) is 4.78. The van der Waals surface area contributed by atoms with Crippen LogP contribution in [0.4, 0.5) is 13.9 Å². The van der Waals surface area contributed by atoms with Gasteiger partial charge in [0, 0.05) is 17.4 Å². The predicted molar refractivity (Wildman–Crippen MR) is 103 cm³/mol. The van der Waals surface area contributed by atoms with Crippen molar-refractivity contribution in [3.05, 3.63) is 65.0 Å². The first-order valence-electron chi connectivity index (χ1n) is 7.89. The largest absolute Gasteiger partial charge is 0.301 e. The molecule has 2 aromatic carbocycles. The number of thiazole rings is 1. The Hall–Kier alpha value is -2.58. The second kappa shape index (κ2) is 8.41. The number of hydrogen-bond donors (Lipinski definition) is 1. The number of aromatic nitrogens is 1. The molecule has 0 bridgehead atoms. The van der Waals surface area contributed by atoms with Crippen LogP contribution >= 0.6 is 23.1 Å². The Bertz CT molecular complexity index is 991. The van der Waals surface area contributed by atoms with Crippen molar-refractivity contribution in [2.45, 2.75) is 11.8 Å². The summed E-state index contributed by atoms with van der Waals surface area (Å²) in [5.41, 5.74) is 1.31. The van der Waals surface area contributed by atoms with Gasteiger partial charge in [-0.25, -0.2) is 13.8 Å². The van der Waals surface area contributed by atoms with Gasteiger partial charge in [0.2, 0.25) is 5.91 Å². The molecule has 1 aromatic heterocycles. The SMILES string of the molecule is CC(=O)c1sc(NC(=O)CSc2ccc(F)c(F)c2)nc1-c1ccccc1. The van der Waals surface area contributed by atoms with E-state index in [-0.39, 0.29) is 17.4 Å². The molecule has 0 atom stereocenters. The molecule has 27 heavy (non-hydrogen) atoms. The molecule has 0 spiro atoms. The Morgan fingerprint density at radius 1 is 1.11 bits per heavy atom. The molecule has 4 nitrogen and oxygen atoms in total. The van der Waals surface area contributed by atoms with Gasteiger partial charge in [-0.05, 0) is 18.2 Å². The number of ketones is 1. The second-order valence-corrected chi connectivity index (χ2v) is 7.58. The third-order valence-electron chi connectivity index (χ3n) is 3.50. The molecule has 0 saturated heterocycles. The number of halogens is 2. The number of nitrogens with zero attached hydrogens (tertiary/aromatic N) is 1. The molecule has 0 radical (unpaired) electrons. The van der Waals surface area contributed by atoms with E-state index in [0.29, 0.717) is 20.6 Å². The first kappa shape index (κ1) is 19.2. The first-order valence-corrected chi connectivity index (χ1v) is 9.69. The average molecular weight is 404 g/mol. The van der Waals surface area contributed by atoms with Gasteiger partial charge in [-0.15, -0.1) is 11.8 Å². The fourth-order valence-electron chi connectivity index (χ4n) is 2.27. The molecule has 0 aliphatic carbocycles. The number of carbonyl (C=O) groups excluding carboxylic acids is 2. The van der Waals surface area contributed by atoms with E-state index >= 15 is 0 Å². The van der Waals surface area contributed by atoms with E-state index in [9.17, 15) is 18.4 Å². The van der Waals surface area contributed by atoms with Crippen LogP contribution in [0.15, 0.2) is 53.4 Å². The number of rotatable bonds is 6. The molecule has 0 aliphatic heterocycles. The van der Waals surface area contributed by atoms with Crippen molar-refractivity contribution in [3.8, 4) is 11.3 Å². The lowest BCUT2D eigenvalue weighted by Crippen LogP contribution is -2.13. The molecule has 1 N–H and O–H groups in total. The summed E-state index contributed by atoms with van der Waals surface area (Å²) >= 11 is 2.18. The molecule has 0 fully saturated rings. The molecular weight excluding hydrogens is 390 g/mol. The van der Waals surface area contributed by atoms with Crippen LogP contribution in [0, 0.1) is 11.6 Å². The summed E-state index contributed by atoms with van der Waals surface area (Å²) in [6.45, 7) is 1.45. The number of carbonyl (C=O) groups is 2. The Morgan fingerprint density at radius 2 is 1.85 bits per heavy atom. The topological polar surface area (TPSA) is 59.1 Å². The van der Waals surface area contributed by atoms with Gasteiger partial charge in [0.1, 0.15) is 0 Å². The minimum Gasteiger partial charge on any atom is -0.301 e. The highest BCUT2D eigenvalue weighted by molar-refractivity contribution is 8.00. The number of benzene rings is 2. The standard InChI is InChI=1S/C19H14F2N2O2S2/c1-11(24)18-17(12-5-3-2-4-6-12)23-19(27-18)22-16(25)10-26-13-7-8-14(20)15(21)9-13/h2-9H,10H2,1H3,(H,22,23,25). The molecule has 138 valence electrons. The predicted octanol–water partition coefficient (Wildman–Crippen LogP) is 5.02. The lowest BCUT2D eigenvalue weighted by atomic mass is 10.1. The van der Waals surface area contributed by atoms with Crippen molar-refractivity contribution < 1.29 is 18.4 Å². The fourth-order valence-corrected chi connectivity index (χ4v) is 3.89. The summed E-state index contributed by atoms with van der Waals surface area (Å²) in [5.74, 6) is -2.38. The summed E-state index contributed by atoms with van der Waals surface area (Å²) < 4.78 is 26.1. The van der Waals surface area contributed by atoms with Crippen LogP contribution in [0.5, 0.6) is 0 Å². The van der Waals surface area contributed by atoms with Crippen molar-refractivity contribution >= 4 is 39.9 Å². The van der Waals surface area contributed by atoms with Crippen LogP contribution < -0.4 is 5.32 Å². The van der Waals surface area contributed by atoms with Crippen molar-refractivity contribution in [2.24, 2.45) is 0 Å². The average Bonchev–Trinajstić information content (AvgIpc) is 3.07. The van der Waals surface area contributed by atoms with Crippen molar-refractivity contribution in [1.82, 2.24) is 4.98 Å². The van der Waals surface area contributed by atoms with Gasteiger partial charge < -0.3 is 5.32 Å². The van der Waals surface area contributed by atoms with Gasteiger partial charge in [0.05, 0.1) is 16.3 Å². The Kier molecular flexibility index (Phi) is 5.98. The number of thioether (sulfide) groups is 1. The highest BCUT2D eigenvalue weighted by atomic mass is 32.2. The molecule has 8 heteroatoms. The van der Waals surface area contributed by atoms with E-state index in [1.54, 1.807) is 0 Å². The number of Topliss-reactive ketones (excluding diaryl/α,β-unsaturated/α-hetero) is 1. The zero-order valence-electron chi connectivity index (χ0n) is 14.2. The normalized spacial score (nSPS) is 10.6. The summed E-state index contributed by atoms with van der Waals surface area (Å²) in [5, 5.41) is 2.97. The van der Waals surface area contributed by atoms with Crippen LogP contribution in [0.2, 0.25) is 0 Å². The quantitative estimate of drug-likeness (QED) is 0.463. The molecule has 0 saturated carbocycles. The summed E-state index contributed by atoms with van der Waals surface area (Å²) in [4.78, 5) is 29.3. The Labute approximate surface area is 162 Å². The van der Waals surface area contributed by atoms with E-state index in [2.05, 4.69) is 10.3 Å². The lowest BCUT2D eigenvalue weighted by Gasteiger charge is -2.03. The number of hydrogen-bond acceptors (Lipinski definition) is 5. The van der Waals surface area contributed by atoms with E-state index in [4.69, 9.17) is 0 Å². The van der Waals surface area contributed by atoms with Crippen LogP contribution in [-0.2, 0) is 4.79 Å². The smallest absolute Gasteiger partial charge is 0.236 e.